The molecule has 5 nitrogen and oxygen atoms in total. The van der Waals surface area contributed by atoms with Crippen LogP contribution in [0.2, 0.25) is 0 Å². The first kappa shape index (κ1) is 34.5. The standard InChI is InChI=1S/C57H32N4OS/c1-2-13-35-27-38(22-21-33(35)11-1)55-58-56(39-24-26-53-44(29-39)42-18-8-10-20-52(42)63-53)60-57(59-55)45-32-51-46(54-40-16-6-5-12-34(40)23-25-50(54)62-51)31-49(45)61-47-19-9-7-17-41(47)43-28-36-14-3-4-15-37(36)30-48(43)61/h1-32H. The first-order valence-corrected chi connectivity index (χ1v) is 22.0. The first-order chi connectivity index (χ1) is 31.2. The zero-order chi connectivity index (χ0) is 41.2. The Hall–Kier alpha value is -8.19. The van der Waals surface area contributed by atoms with Crippen LogP contribution in [0, 0.1) is 0 Å². The minimum absolute atomic E-state index is 0.562. The lowest BCUT2D eigenvalue weighted by atomic mass is 10.0. The number of hydrogen-bond acceptors (Lipinski definition) is 5. The fourth-order valence-corrected chi connectivity index (χ4v) is 10.9. The van der Waals surface area contributed by atoms with Crippen LogP contribution in [0.3, 0.4) is 0 Å². The average molecular weight is 821 g/mol. The summed E-state index contributed by atoms with van der Waals surface area (Å²) in [7, 11) is 0. The highest BCUT2D eigenvalue weighted by Gasteiger charge is 2.23. The predicted molar refractivity (Wildman–Crippen MR) is 263 cm³/mol. The van der Waals surface area contributed by atoms with Crippen molar-refractivity contribution in [1.29, 1.82) is 0 Å². The van der Waals surface area contributed by atoms with Gasteiger partial charge in [-0.15, -0.1) is 11.3 Å². The van der Waals surface area contributed by atoms with Gasteiger partial charge >= 0.3 is 0 Å². The molecule has 63 heavy (non-hydrogen) atoms. The quantitative estimate of drug-likeness (QED) is 0.177. The van der Waals surface area contributed by atoms with Gasteiger partial charge in [-0.1, -0.05) is 127 Å². The zero-order valence-electron chi connectivity index (χ0n) is 33.6. The summed E-state index contributed by atoms with van der Waals surface area (Å²) in [5.41, 5.74) is 7.46. The molecule has 0 radical (unpaired) electrons. The van der Waals surface area contributed by atoms with Crippen LogP contribution in [0.1, 0.15) is 0 Å². The Morgan fingerprint density at radius 3 is 1.83 bits per heavy atom. The topological polar surface area (TPSA) is 56.7 Å². The van der Waals surface area contributed by atoms with Crippen molar-refractivity contribution >= 4 is 108 Å². The minimum atomic E-state index is 0.562. The summed E-state index contributed by atoms with van der Waals surface area (Å²) in [6, 6.07) is 69.2. The number of hydrogen-bond donors (Lipinski definition) is 0. The largest absolute Gasteiger partial charge is 0.456 e. The van der Waals surface area contributed by atoms with E-state index in [-0.39, 0.29) is 0 Å². The number of rotatable bonds is 4. The van der Waals surface area contributed by atoms with Crippen molar-refractivity contribution in [1.82, 2.24) is 19.5 Å². The van der Waals surface area contributed by atoms with Crippen LogP contribution in [0.4, 0.5) is 0 Å². The molecule has 0 unspecified atom stereocenters. The van der Waals surface area contributed by atoms with Gasteiger partial charge in [0.1, 0.15) is 11.2 Å². The molecule has 0 saturated carbocycles. The smallest absolute Gasteiger partial charge is 0.166 e. The van der Waals surface area contributed by atoms with Crippen molar-refractivity contribution in [3.05, 3.63) is 194 Å². The molecular weight excluding hydrogens is 789 g/mol. The van der Waals surface area contributed by atoms with Crippen molar-refractivity contribution in [2.24, 2.45) is 0 Å². The monoisotopic (exact) mass is 820 g/mol. The molecular formula is C57H32N4OS. The van der Waals surface area contributed by atoms with E-state index >= 15 is 0 Å². The molecule has 6 heteroatoms. The first-order valence-electron chi connectivity index (χ1n) is 21.2. The van der Waals surface area contributed by atoms with Gasteiger partial charge in [-0.05, 0) is 99.0 Å². The molecule has 10 aromatic carbocycles. The predicted octanol–water partition coefficient (Wildman–Crippen LogP) is 15.7. The Labute approximate surface area is 363 Å². The van der Waals surface area contributed by atoms with Gasteiger partial charge in [0, 0.05) is 58.4 Å². The Balaban J connectivity index is 1.11. The van der Waals surface area contributed by atoms with E-state index in [1.807, 2.05) is 0 Å². The van der Waals surface area contributed by atoms with E-state index in [0.717, 1.165) is 71.5 Å². The van der Waals surface area contributed by atoms with Crippen LogP contribution in [0.25, 0.3) is 136 Å². The summed E-state index contributed by atoms with van der Waals surface area (Å²) < 4.78 is 11.7. The number of aromatic nitrogens is 4. The highest BCUT2D eigenvalue weighted by molar-refractivity contribution is 7.25. The Morgan fingerprint density at radius 2 is 0.984 bits per heavy atom. The Kier molecular flexibility index (Phi) is 7.21. The summed E-state index contributed by atoms with van der Waals surface area (Å²) in [6.45, 7) is 0. The molecule has 0 bridgehead atoms. The van der Waals surface area contributed by atoms with E-state index in [4.69, 9.17) is 19.4 Å². The van der Waals surface area contributed by atoms with Crippen molar-refractivity contribution in [3.8, 4) is 39.9 Å². The van der Waals surface area contributed by atoms with Crippen LogP contribution in [-0.4, -0.2) is 19.5 Å². The van der Waals surface area contributed by atoms with E-state index < -0.39 is 0 Å². The lowest BCUT2D eigenvalue weighted by Crippen LogP contribution is -2.04. The molecule has 14 rings (SSSR count). The van der Waals surface area contributed by atoms with E-state index in [1.165, 1.54) is 47.1 Å². The summed E-state index contributed by atoms with van der Waals surface area (Å²) in [5, 5.41) is 13.9. The van der Waals surface area contributed by atoms with Gasteiger partial charge in [0.2, 0.25) is 0 Å². The van der Waals surface area contributed by atoms with Gasteiger partial charge in [-0.25, -0.2) is 15.0 Å². The van der Waals surface area contributed by atoms with Crippen LogP contribution >= 0.6 is 11.3 Å². The SMILES string of the molecule is c1ccc2cc(-c3nc(-c4ccc5sc6ccccc6c5c4)nc(-c4cc5oc6ccc7ccccc7c6c5cc4-n4c5ccccc5c5cc6ccccc6cc54)n3)ccc2c1. The average Bonchev–Trinajstić information content (AvgIpc) is 4.01. The molecule has 0 spiro atoms. The molecule has 0 aliphatic carbocycles. The molecule has 0 N–H and O–H groups in total. The van der Waals surface area contributed by atoms with Gasteiger partial charge in [0.25, 0.3) is 0 Å². The van der Waals surface area contributed by atoms with Crippen LogP contribution in [0.15, 0.2) is 199 Å². The third-order valence-corrected chi connectivity index (χ3v) is 13.9. The maximum Gasteiger partial charge on any atom is 0.166 e. The van der Waals surface area contributed by atoms with Gasteiger partial charge in [-0.2, -0.15) is 0 Å². The fourth-order valence-electron chi connectivity index (χ4n) is 9.81. The number of nitrogens with zero attached hydrogens (tertiary/aromatic N) is 4. The van der Waals surface area contributed by atoms with Crippen molar-refractivity contribution in [3.63, 3.8) is 0 Å². The van der Waals surface area contributed by atoms with Crippen LogP contribution < -0.4 is 0 Å². The van der Waals surface area contributed by atoms with Gasteiger partial charge in [-0.3, -0.25) is 0 Å². The van der Waals surface area contributed by atoms with Crippen molar-refractivity contribution < 1.29 is 4.42 Å². The number of furan rings is 1. The molecule has 292 valence electrons. The van der Waals surface area contributed by atoms with Crippen molar-refractivity contribution in [2.45, 2.75) is 0 Å². The zero-order valence-corrected chi connectivity index (χ0v) is 34.4. The molecule has 0 fully saturated rings. The van der Waals surface area contributed by atoms with Crippen LogP contribution in [-0.2, 0) is 0 Å². The maximum absolute atomic E-state index is 6.81. The van der Waals surface area contributed by atoms with E-state index in [1.54, 1.807) is 11.3 Å². The molecule has 0 aliphatic rings. The maximum atomic E-state index is 6.81. The van der Waals surface area contributed by atoms with E-state index in [2.05, 4.69) is 199 Å². The third kappa shape index (κ3) is 5.25. The molecule has 14 aromatic rings. The second-order valence-corrected chi connectivity index (χ2v) is 17.5. The second-order valence-electron chi connectivity index (χ2n) is 16.4. The normalized spacial score (nSPS) is 12.1. The van der Waals surface area contributed by atoms with E-state index in [0.29, 0.717) is 17.5 Å². The summed E-state index contributed by atoms with van der Waals surface area (Å²) in [5.74, 6) is 1.77. The molecule has 4 aromatic heterocycles. The van der Waals surface area contributed by atoms with Crippen molar-refractivity contribution in [2.75, 3.05) is 0 Å². The fraction of sp³-hybridized carbons (Fsp3) is 0. The number of para-hydroxylation sites is 1. The lowest BCUT2D eigenvalue weighted by molar-refractivity contribution is 0.669. The molecule has 0 aliphatic heterocycles. The van der Waals surface area contributed by atoms with Gasteiger partial charge in [0.15, 0.2) is 17.5 Å². The molecule has 0 amide bonds. The van der Waals surface area contributed by atoms with Gasteiger partial charge in [0.05, 0.1) is 16.7 Å². The molecule has 0 saturated heterocycles. The molecule has 0 atom stereocenters. The summed E-state index contributed by atoms with van der Waals surface area (Å²) >= 11 is 1.81. The highest BCUT2D eigenvalue weighted by atomic mass is 32.1. The van der Waals surface area contributed by atoms with Crippen LogP contribution in [0.5, 0.6) is 0 Å². The minimum Gasteiger partial charge on any atom is -0.456 e. The van der Waals surface area contributed by atoms with E-state index in [9.17, 15) is 0 Å². The highest BCUT2D eigenvalue weighted by Crippen LogP contribution is 2.44. The Bertz CT molecular complexity index is 4230. The van der Waals surface area contributed by atoms with Gasteiger partial charge < -0.3 is 8.98 Å². The Morgan fingerprint density at radius 1 is 0.365 bits per heavy atom. The molecule has 4 heterocycles. The lowest BCUT2D eigenvalue weighted by Gasteiger charge is -2.15. The second kappa shape index (κ2) is 13.2. The summed E-state index contributed by atoms with van der Waals surface area (Å²) in [4.78, 5) is 16.2. The third-order valence-electron chi connectivity index (χ3n) is 12.8. The summed E-state index contributed by atoms with van der Waals surface area (Å²) in [6.07, 6.45) is 0. The number of fused-ring (bicyclic) bond motifs is 13. The number of benzene rings is 10. The number of thiophene rings is 1.